The lowest BCUT2D eigenvalue weighted by Gasteiger charge is -2.16. The van der Waals surface area contributed by atoms with Crippen LogP contribution >= 0.6 is 0 Å². The summed E-state index contributed by atoms with van der Waals surface area (Å²) >= 11 is 0. The van der Waals surface area contributed by atoms with E-state index in [0.29, 0.717) is 39.1 Å². The second kappa shape index (κ2) is 33.9. The maximum absolute atomic E-state index is 12.0. The number of ether oxygens (including phenoxy) is 2. The molecule has 0 aromatic carbocycles. The Kier molecular flexibility index (Phi) is 32.6. The first-order chi connectivity index (χ1) is 20.6. The number of carbonyl (C=O) groups is 2. The fourth-order valence-electron chi connectivity index (χ4n) is 4.86. The minimum Gasteiger partial charge on any atom is -0.464 e. The molecule has 0 rings (SSSR count). The molecule has 0 bridgehead atoms. The maximum atomic E-state index is 12.0. The Hall–Kier alpha value is -1.62. The Labute approximate surface area is 261 Å². The molecule has 0 aromatic heterocycles. The zero-order valence-corrected chi connectivity index (χ0v) is 28.2. The molecule has 0 unspecified atom stereocenters. The highest BCUT2D eigenvalue weighted by Crippen LogP contribution is 2.11. The first-order valence-electron chi connectivity index (χ1n) is 17.9. The Morgan fingerprint density at radius 2 is 0.786 bits per heavy atom. The third-order valence-corrected chi connectivity index (χ3v) is 7.76. The van der Waals surface area contributed by atoms with E-state index in [1.165, 1.54) is 116 Å². The van der Waals surface area contributed by atoms with Crippen molar-refractivity contribution in [3.05, 3.63) is 24.3 Å². The van der Waals surface area contributed by atoms with Gasteiger partial charge in [0.2, 0.25) is 0 Å². The minimum atomic E-state index is -0.102. The Bertz CT molecular complexity index is 592. The van der Waals surface area contributed by atoms with Crippen LogP contribution in [-0.2, 0) is 19.1 Å². The van der Waals surface area contributed by atoms with E-state index < -0.39 is 0 Å². The molecular weight excluding hydrogens is 522 g/mol. The van der Waals surface area contributed by atoms with E-state index in [9.17, 15) is 9.59 Å². The first kappa shape index (κ1) is 40.4. The molecule has 0 aliphatic carbocycles. The summed E-state index contributed by atoms with van der Waals surface area (Å²) in [5.41, 5.74) is 0. The summed E-state index contributed by atoms with van der Waals surface area (Å²) in [5.74, 6) is -0.204. The normalized spacial score (nSPS) is 11.7. The summed E-state index contributed by atoms with van der Waals surface area (Å²) in [6, 6.07) is 0. The number of esters is 2. The lowest BCUT2D eigenvalue weighted by atomic mass is 10.1. The van der Waals surface area contributed by atoms with Gasteiger partial charge in [-0.05, 0) is 71.3 Å². The molecule has 0 aliphatic heterocycles. The summed E-state index contributed by atoms with van der Waals surface area (Å²) in [5, 5.41) is 0. The number of nitrogens with zero attached hydrogens (tertiary/aromatic N) is 1. The van der Waals surface area contributed by atoms with E-state index in [0.717, 1.165) is 25.7 Å². The van der Waals surface area contributed by atoms with Gasteiger partial charge >= 0.3 is 11.9 Å². The second-order valence-electron chi connectivity index (χ2n) is 12.0. The first-order valence-corrected chi connectivity index (χ1v) is 17.9. The van der Waals surface area contributed by atoms with Crippen molar-refractivity contribution >= 4 is 11.9 Å². The summed E-state index contributed by atoms with van der Waals surface area (Å²) in [6.07, 6.45) is 37.2. The van der Waals surface area contributed by atoms with Gasteiger partial charge in [-0.15, -0.1) is 0 Å². The van der Waals surface area contributed by atoms with Gasteiger partial charge in [0.05, 0.1) is 0 Å². The Morgan fingerprint density at radius 3 is 1.14 bits per heavy atom. The standard InChI is InChI=1S/C37H69NO4/c1-4-6-8-10-12-14-16-18-20-22-24-26-28-30-36(39)41-34-32-38(3)33-35-42-37(40)31-29-27-25-23-21-19-17-15-13-11-9-7-5-2/h14-17H,4-13,18-35H2,1-3H3/b16-14+,17-15+. The topological polar surface area (TPSA) is 55.8 Å². The number of likely N-dealkylation sites (N-methyl/N-ethyl adjacent to an activating group) is 1. The highest BCUT2D eigenvalue weighted by atomic mass is 16.5. The average molecular weight is 592 g/mol. The molecule has 0 saturated heterocycles. The van der Waals surface area contributed by atoms with Gasteiger partial charge in [0.25, 0.3) is 0 Å². The smallest absolute Gasteiger partial charge is 0.305 e. The monoisotopic (exact) mass is 592 g/mol. The van der Waals surface area contributed by atoms with Crippen molar-refractivity contribution in [2.45, 2.75) is 168 Å². The van der Waals surface area contributed by atoms with Gasteiger partial charge in [0, 0.05) is 25.9 Å². The van der Waals surface area contributed by atoms with Gasteiger partial charge in [-0.25, -0.2) is 0 Å². The molecule has 246 valence electrons. The van der Waals surface area contributed by atoms with Crippen LogP contribution in [0.4, 0.5) is 0 Å². The molecule has 5 nitrogen and oxygen atoms in total. The zero-order valence-electron chi connectivity index (χ0n) is 28.2. The fraction of sp³-hybridized carbons (Fsp3) is 0.838. The van der Waals surface area contributed by atoms with E-state index >= 15 is 0 Å². The van der Waals surface area contributed by atoms with Crippen molar-refractivity contribution in [2.75, 3.05) is 33.4 Å². The average Bonchev–Trinajstić information content (AvgIpc) is 2.98. The minimum absolute atomic E-state index is 0.102. The second-order valence-corrected chi connectivity index (χ2v) is 12.0. The van der Waals surface area contributed by atoms with E-state index in [4.69, 9.17) is 9.47 Å². The lowest BCUT2D eigenvalue weighted by Crippen LogP contribution is -2.28. The maximum Gasteiger partial charge on any atom is 0.305 e. The number of hydrogen-bond donors (Lipinski definition) is 0. The summed E-state index contributed by atoms with van der Waals surface area (Å²) in [6.45, 7) is 6.60. The van der Waals surface area contributed by atoms with Gasteiger partial charge in [-0.2, -0.15) is 0 Å². The third kappa shape index (κ3) is 32.9. The SMILES string of the molecule is CCCCCC/C=C/CCCCCCCC(=O)OCCN(C)CCOC(=O)CCCCCCC/C=C/CCCCCC. The molecule has 0 radical (unpaired) electrons. The molecule has 0 N–H and O–H groups in total. The van der Waals surface area contributed by atoms with Gasteiger partial charge < -0.3 is 9.47 Å². The summed E-state index contributed by atoms with van der Waals surface area (Å²) in [7, 11) is 1.96. The molecule has 0 atom stereocenters. The van der Waals surface area contributed by atoms with Crippen LogP contribution in [0.5, 0.6) is 0 Å². The van der Waals surface area contributed by atoms with Crippen molar-refractivity contribution in [3.63, 3.8) is 0 Å². The van der Waals surface area contributed by atoms with Crippen LogP contribution in [-0.4, -0.2) is 50.2 Å². The van der Waals surface area contributed by atoms with Crippen LogP contribution in [0.1, 0.15) is 168 Å². The highest BCUT2D eigenvalue weighted by molar-refractivity contribution is 5.69. The zero-order chi connectivity index (χ0) is 30.8. The number of unbranched alkanes of at least 4 members (excludes halogenated alkanes) is 18. The lowest BCUT2D eigenvalue weighted by molar-refractivity contribution is -0.144. The van der Waals surface area contributed by atoms with E-state index in [-0.39, 0.29) is 11.9 Å². The molecule has 42 heavy (non-hydrogen) atoms. The van der Waals surface area contributed by atoms with Crippen molar-refractivity contribution in [2.24, 2.45) is 0 Å². The van der Waals surface area contributed by atoms with Crippen LogP contribution < -0.4 is 0 Å². The molecule has 0 amide bonds. The van der Waals surface area contributed by atoms with Crippen molar-refractivity contribution < 1.29 is 19.1 Å². The van der Waals surface area contributed by atoms with Crippen LogP contribution in [0.2, 0.25) is 0 Å². The van der Waals surface area contributed by atoms with Crippen molar-refractivity contribution in [1.29, 1.82) is 0 Å². The Morgan fingerprint density at radius 1 is 0.476 bits per heavy atom. The summed E-state index contributed by atoms with van der Waals surface area (Å²) in [4.78, 5) is 26.0. The Balaban J connectivity index is 3.44. The van der Waals surface area contributed by atoms with Crippen LogP contribution in [0.15, 0.2) is 24.3 Å². The van der Waals surface area contributed by atoms with E-state index in [1.807, 2.05) is 11.9 Å². The van der Waals surface area contributed by atoms with Gasteiger partial charge in [-0.3, -0.25) is 14.5 Å². The highest BCUT2D eigenvalue weighted by Gasteiger charge is 2.06. The van der Waals surface area contributed by atoms with Gasteiger partial charge in [0.15, 0.2) is 0 Å². The number of allylic oxidation sites excluding steroid dienone is 4. The van der Waals surface area contributed by atoms with Crippen LogP contribution in [0, 0.1) is 0 Å². The fourth-order valence-corrected chi connectivity index (χ4v) is 4.86. The van der Waals surface area contributed by atoms with Gasteiger partial charge in [0.1, 0.15) is 13.2 Å². The molecule has 0 aliphatic rings. The predicted octanol–water partition coefficient (Wildman–Crippen LogP) is 10.5. The molecule has 0 aromatic rings. The molecule has 0 saturated carbocycles. The quantitative estimate of drug-likeness (QED) is 0.0442. The van der Waals surface area contributed by atoms with E-state index in [1.54, 1.807) is 0 Å². The molecule has 0 fully saturated rings. The number of carbonyl (C=O) groups excluding carboxylic acids is 2. The largest absolute Gasteiger partial charge is 0.464 e. The van der Waals surface area contributed by atoms with Gasteiger partial charge in [-0.1, -0.05) is 115 Å². The van der Waals surface area contributed by atoms with Crippen molar-refractivity contribution in [3.8, 4) is 0 Å². The summed E-state index contributed by atoms with van der Waals surface area (Å²) < 4.78 is 10.8. The predicted molar refractivity (Wildman–Crippen MR) is 180 cm³/mol. The molecule has 0 spiro atoms. The molecule has 5 heteroatoms. The van der Waals surface area contributed by atoms with Crippen LogP contribution in [0.25, 0.3) is 0 Å². The molecular formula is C37H69NO4. The molecule has 0 heterocycles. The number of hydrogen-bond acceptors (Lipinski definition) is 5. The van der Waals surface area contributed by atoms with E-state index in [2.05, 4.69) is 38.2 Å². The number of rotatable bonds is 32. The third-order valence-electron chi connectivity index (χ3n) is 7.76. The van der Waals surface area contributed by atoms with Crippen LogP contribution in [0.3, 0.4) is 0 Å². The van der Waals surface area contributed by atoms with Crippen molar-refractivity contribution in [1.82, 2.24) is 4.90 Å².